The molecule has 2 N–H and O–H groups in total. The second kappa shape index (κ2) is 8.50. The maximum absolute atomic E-state index is 11.7. The van der Waals surface area contributed by atoms with E-state index in [4.69, 9.17) is 0 Å². The number of aromatic nitrogens is 2. The monoisotopic (exact) mass is 336 g/mol. The number of carbonyl (C=O) groups is 2. The fourth-order valence-corrected chi connectivity index (χ4v) is 3.27. The molecule has 0 aliphatic heterocycles. The summed E-state index contributed by atoms with van der Waals surface area (Å²) in [5.41, 5.74) is 1.19. The number of anilines is 1. The average Bonchev–Trinajstić information content (AvgIpc) is 2.93. The molecule has 0 saturated carbocycles. The molecular weight excluding hydrogens is 320 g/mol. The highest BCUT2D eigenvalue weighted by Crippen LogP contribution is 2.25. The summed E-state index contributed by atoms with van der Waals surface area (Å²) < 4.78 is 0.655. The zero-order valence-electron chi connectivity index (χ0n) is 12.0. The standard InChI is InChI=1S/C14H16N4O2S2/c1-10(19)16-13-17-18-14(22-13)21-9-12(20)15-8-7-11-5-3-2-4-6-11/h2-6H,7-9H2,1H3,(H,15,20)(H,16,17,19). The van der Waals surface area contributed by atoms with Gasteiger partial charge in [0, 0.05) is 13.5 Å². The number of benzene rings is 1. The first-order chi connectivity index (χ1) is 10.6. The van der Waals surface area contributed by atoms with E-state index in [0.717, 1.165) is 6.42 Å². The minimum Gasteiger partial charge on any atom is -0.355 e. The summed E-state index contributed by atoms with van der Waals surface area (Å²) in [6.45, 7) is 2.02. The van der Waals surface area contributed by atoms with Gasteiger partial charge in [-0.05, 0) is 12.0 Å². The topological polar surface area (TPSA) is 84.0 Å². The lowest BCUT2D eigenvalue weighted by atomic mass is 10.1. The lowest BCUT2D eigenvalue weighted by molar-refractivity contribution is -0.118. The Hall–Kier alpha value is -1.93. The van der Waals surface area contributed by atoms with Crippen LogP contribution in [0, 0.1) is 0 Å². The molecule has 8 heteroatoms. The normalized spacial score (nSPS) is 10.2. The first-order valence-electron chi connectivity index (χ1n) is 6.68. The summed E-state index contributed by atoms with van der Waals surface area (Å²) >= 11 is 2.56. The highest BCUT2D eigenvalue weighted by atomic mass is 32.2. The first kappa shape index (κ1) is 16.4. The number of hydrogen-bond acceptors (Lipinski definition) is 6. The van der Waals surface area contributed by atoms with Gasteiger partial charge in [0.2, 0.25) is 16.9 Å². The van der Waals surface area contributed by atoms with Crippen molar-refractivity contribution >= 4 is 40.0 Å². The minimum absolute atomic E-state index is 0.0443. The maximum atomic E-state index is 11.7. The van der Waals surface area contributed by atoms with Crippen molar-refractivity contribution in [3.05, 3.63) is 35.9 Å². The Labute approximate surface area is 136 Å². The fourth-order valence-electron chi connectivity index (χ4n) is 1.64. The molecule has 0 aliphatic carbocycles. The van der Waals surface area contributed by atoms with Crippen molar-refractivity contribution in [3.8, 4) is 0 Å². The lowest BCUT2D eigenvalue weighted by Gasteiger charge is -2.04. The van der Waals surface area contributed by atoms with Crippen LogP contribution in [0.4, 0.5) is 5.13 Å². The smallest absolute Gasteiger partial charge is 0.230 e. The van der Waals surface area contributed by atoms with Crippen LogP contribution in [0.3, 0.4) is 0 Å². The molecule has 0 aliphatic rings. The van der Waals surface area contributed by atoms with E-state index in [1.165, 1.54) is 35.6 Å². The highest BCUT2D eigenvalue weighted by Gasteiger charge is 2.08. The van der Waals surface area contributed by atoms with E-state index in [9.17, 15) is 9.59 Å². The van der Waals surface area contributed by atoms with Crippen molar-refractivity contribution in [2.75, 3.05) is 17.6 Å². The van der Waals surface area contributed by atoms with Crippen molar-refractivity contribution in [2.45, 2.75) is 17.7 Å². The molecule has 116 valence electrons. The van der Waals surface area contributed by atoms with Crippen LogP contribution in [0.2, 0.25) is 0 Å². The van der Waals surface area contributed by atoms with Crippen molar-refractivity contribution in [1.29, 1.82) is 0 Å². The molecule has 2 aromatic rings. The third-order valence-electron chi connectivity index (χ3n) is 2.59. The van der Waals surface area contributed by atoms with Crippen molar-refractivity contribution < 1.29 is 9.59 Å². The predicted octanol–water partition coefficient (Wildman–Crippen LogP) is 1.95. The summed E-state index contributed by atoms with van der Waals surface area (Å²) in [6.07, 6.45) is 0.808. The van der Waals surface area contributed by atoms with Gasteiger partial charge in [-0.25, -0.2) is 0 Å². The predicted molar refractivity (Wildman–Crippen MR) is 88.1 cm³/mol. The Kier molecular flexibility index (Phi) is 6.35. The largest absolute Gasteiger partial charge is 0.355 e. The molecule has 0 unspecified atom stereocenters. The molecule has 0 atom stereocenters. The quantitative estimate of drug-likeness (QED) is 0.596. The number of nitrogens with one attached hydrogen (secondary N) is 2. The van der Waals surface area contributed by atoms with Gasteiger partial charge in [-0.3, -0.25) is 9.59 Å². The van der Waals surface area contributed by atoms with Crippen molar-refractivity contribution in [3.63, 3.8) is 0 Å². The summed E-state index contributed by atoms with van der Waals surface area (Å²) in [5.74, 6) is 0.0484. The van der Waals surface area contributed by atoms with Gasteiger partial charge in [-0.15, -0.1) is 10.2 Å². The van der Waals surface area contributed by atoms with Gasteiger partial charge in [-0.1, -0.05) is 53.4 Å². The van der Waals surface area contributed by atoms with Gasteiger partial charge < -0.3 is 10.6 Å². The molecule has 0 saturated heterocycles. The summed E-state index contributed by atoms with van der Waals surface area (Å²) in [5, 5.41) is 13.6. The zero-order valence-corrected chi connectivity index (χ0v) is 13.7. The molecule has 0 bridgehead atoms. The molecule has 0 radical (unpaired) electrons. The Morgan fingerprint density at radius 1 is 1.23 bits per heavy atom. The Morgan fingerprint density at radius 2 is 2.00 bits per heavy atom. The Bertz CT molecular complexity index is 631. The number of rotatable bonds is 7. The molecule has 6 nitrogen and oxygen atoms in total. The van der Waals surface area contributed by atoms with Crippen molar-refractivity contribution in [2.24, 2.45) is 0 Å². The third-order valence-corrected chi connectivity index (χ3v) is 4.57. The van der Waals surface area contributed by atoms with E-state index >= 15 is 0 Å². The molecule has 2 amide bonds. The first-order valence-corrected chi connectivity index (χ1v) is 8.48. The molecule has 0 spiro atoms. The summed E-state index contributed by atoms with van der Waals surface area (Å²) in [6, 6.07) is 10.00. The van der Waals surface area contributed by atoms with Crippen molar-refractivity contribution in [1.82, 2.24) is 15.5 Å². The van der Waals surface area contributed by atoms with Gasteiger partial charge in [0.1, 0.15) is 0 Å². The van der Waals surface area contributed by atoms with E-state index in [1.807, 2.05) is 30.3 Å². The zero-order chi connectivity index (χ0) is 15.8. The van der Waals surface area contributed by atoms with Crippen LogP contribution in [0.1, 0.15) is 12.5 Å². The summed E-state index contributed by atoms with van der Waals surface area (Å²) in [7, 11) is 0. The van der Waals surface area contributed by atoms with Gasteiger partial charge in [0.05, 0.1) is 5.75 Å². The molecule has 1 aromatic heterocycles. The number of carbonyl (C=O) groups excluding carboxylic acids is 2. The second-order valence-corrected chi connectivity index (χ2v) is 6.63. The van der Waals surface area contributed by atoms with Crippen LogP contribution in [-0.2, 0) is 16.0 Å². The average molecular weight is 336 g/mol. The van der Waals surface area contributed by atoms with E-state index < -0.39 is 0 Å². The van der Waals surface area contributed by atoms with Crippen LogP contribution in [0.5, 0.6) is 0 Å². The molecule has 22 heavy (non-hydrogen) atoms. The lowest BCUT2D eigenvalue weighted by Crippen LogP contribution is -2.27. The van der Waals surface area contributed by atoms with Crippen LogP contribution in [0.25, 0.3) is 0 Å². The van der Waals surface area contributed by atoms with Gasteiger partial charge in [-0.2, -0.15) is 0 Å². The van der Waals surface area contributed by atoms with Gasteiger partial charge in [0.15, 0.2) is 4.34 Å². The number of hydrogen-bond donors (Lipinski definition) is 2. The third kappa shape index (κ3) is 5.82. The Balaban J connectivity index is 1.67. The Morgan fingerprint density at radius 3 is 2.73 bits per heavy atom. The second-order valence-electron chi connectivity index (χ2n) is 4.43. The van der Waals surface area contributed by atoms with E-state index in [1.54, 1.807) is 0 Å². The number of amides is 2. The maximum Gasteiger partial charge on any atom is 0.230 e. The summed E-state index contributed by atoms with van der Waals surface area (Å²) in [4.78, 5) is 22.6. The van der Waals surface area contributed by atoms with Crippen LogP contribution in [-0.4, -0.2) is 34.3 Å². The molecular formula is C14H16N4O2S2. The molecule has 2 rings (SSSR count). The highest BCUT2D eigenvalue weighted by molar-refractivity contribution is 8.01. The van der Waals surface area contributed by atoms with E-state index in [-0.39, 0.29) is 17.6 Å². The minimum atomic E-state index is -0.189. The number of nitrogens with zero attached hydrogens (tertiary/aromatic N) is 2. The van der Waals surface area contributed by atoms with Gasteiger partial charge >= 0.3 is 0 Å². The number of thioether (sulfide) groups is 1. The SMILES string of the molecule is CC(=O)Nc1nnc(SCC(=O)NCCc2ccccc2)s1. The van der Waals surface area contributed by atoms with Gasteiger partial charge in [0.25, 0.3) is 0 Å². The van der Waals surface area contributed by atoms with Crippen LogP contribution >= 0.6 is 23.1 Å². The van der Waals surface area contributed by atoms with E-state index in [0.29, 0.717) is 16.0 Å². The van der Waals surface area contributed by atoms with E-state index in [2.05, 4.69) is 20.8 Å². The molecule has 1 aromatic carbocycles. The fraction of sp³-hybridized carbons (Fsp3) is 0.286. The molecule has 0 fully saturated rings. The van der Waals surface area contributed by atoms with Crippen LogP contribution in [0.15, 0.2) is 34.7 Å². The molecule has 1 heterocycles. The van der Waals surface area contributed by atoms with Crippen LogP contribution < -0.4 is 10.6 Å².